The Morgan fingerprint density at radius 1 is 1.42 bits per heavy atom. The average Bonchev–Trinajstić information content (AvgIpc) is 2.41. The molecule has 0 atom stereocenters. The number of pyridine rings is 1. The lowest BCUT2D eigenvalue weighted by Crippen LogP contribution is -2.10. The van der Waals surface area contributed by atoms with Crippen molar-refractivity contribution in [1.29, 1.82) is 0 Å². The topological polar surface area (TPSA) is 65.2 Å². The number of aryl methyl sites for hydroxylation is 1. The number of nitrogen functional groups attached to an aromatic ring is 1. The predicted octanol–water partition coefficient (Wildman–Crippen LogP) is 2.47. The minimum absolute atomic E-state index is 0.00698. The molecule has 98 valence electrons. The lowest BCUT2D eigenvalue weighted by Gasteiger charge is -2.08. The Kier molecular flexibility index (Phi) is 3.75. The summed E-state index contributed by atoms with van der Waals surface area (Å²) in [6.45, 7) is 1.54. The van der Waals surface area contributed by atoms with Gasteiger partial charge in [-0.1, -0.05) is 6.07 Å². The molecule has 1 heterocycles. The maximum absolute atomic E-state index is 13.8. The molecule has 19 heavy (non-hydrogen) atoms. The second-order valence-electron chi connectivity index (χ2n) is 4.10. The van der Waals surface area contributed by atoms with Crippen molar-refractivity contribution in [1.82, 2.24) is 4.98 Å². The monoisotopic (exact) mass is 260 g/mol. The van der Waals surface area contributed by atoms with E-state index in [1.165, 1.54) is 12.1 Å². The van der Waals surface area contributed by atoms with Gasteiger partial charge in [0.25, 0.3) is 0 Å². The molecular weight excluding hydrogens is 247 g/mol. The zero-order valence-corrected chi connectivity index (χ0v) is 10.4. The predicted molar refractivity (Wildman–Crippen MR) is 68.9 cm³/mol. The van der Waals surface area contributed by atoms with Crippen LogP contribution in [0.25, 0.3) is 0 Å². The van der Waals surface area contributed by atoms with E-state index in [1.54, 1.807) is 31.3 Å². The van der Waals surface area contributed by atoms with E-state index in [0.717, 1.165) is 0 Å². The third-order valence-electron chi connectivity index (χ3n) is 2.57. The highest BCUT2D eigenvalue weighted by Gasteiger charge is 2.16. The summed E-state index contributed by atoms with van der Waals surface area (Å²) in [5, 5.41) is 0. The number of hydrogen-bond acceptors (Lipinski definition) is 4. The van der Waals surface area contributed by atoms with Crippen LogP contribution in [0.15, 0.2) is 36.5 Å². The quantitative estimate of drug-likeness (QED) is 0.680. The van der Waals surface area contributed by atoms with Gasteiger partial charge in [-0.05, 0) is 36.8 Å². The molecule has 5 heteroatoms. The zero-order chi connectivity index (χ0) is 13.8. The molecule has 1 aromatic heterocycles. The highest BCUT2D eigenvalue weighted by molar-refractivity contribution is 5.91. The summed E-state index contributed by atoms with van der Waals surface area (Å²) >= 11 is 0. The highest BCUT2D eigenvalue weighted by atomic mass is 19.1. The number of rotatable bonds is 3. The fourth-order valence-electron chi connectivity index (χ4n) is 1.65. The van der Waals surface area contributed by atoms with Gasteiger partial charge < -0.3 is 10.5 Å². The van der Waals surface area contributed by atoms with Crippen molar-refractivity contribution in [2.24, 2.45) is 0 Å². The van der Waals surface area contributed by atoms with E-state index in [1.807, 2.05) is 0 Å². The standard InChI is InChI=1S/C14H13FN2O2/c1-9-6-10(16)7-12(13(9)15)14(18)19-8-11-4-2-3-5-17-11/h2-7H,8,16H2,1H3. The fourth-order valence-corrected chi connectivity index (χ4v) is 1.65. The Hall–Kier alpha value is -2.43. The van der Waals surface area contributed by atoms with E-state index in [0.29, 0.717) is 16.9 Å². The summed E-state index contributed by atoms with van der Waals surface area (Å²) in [6, 6.07) is 7.98. The van der Waals surface area contributed by atoms with Crippen LogP contribution in [0.5, 0.6) is 0 Å². The molecule has 0 amide bonds. The first-order chi connectivity index (χ1) is 9.08. The molecule has 2 aromatic rings. The number of ether oxygens (including phenoxy) is 1. The number of anilines is 1. The van der Waals surface area contributed by atoms with Gasteiger partial charge in [0.1, 0.15) is 12.4 Å². The summed E-state index contributed by atoms with van der Waals surface area (Å²) in [5.41, 5.74) is 6.65. The number of halogens is 1. The molecule has 0 fully saturated rings. The lowest BCUT2D eigenvalue weighted by molar-refractivity contribution is 0.0462. The van der Waals surface area contributed by atoms with Crippen LogP contribution >= 0.6 is 0 Å². The van der Waals surface area contributed by atoms with Gasteiger partial charge in [-0.3, -0.25) is 4.98 Å². The smallest absolute Gasteiger partial charge is 0.341 e. The normalized spacial score (nSPS) is 10.2. The maximum Gasteiger partial charge on any atom is 0.341 e. The van der Waals surface area contributed by atoms with Crippen LogP contribution < -0.4 is 5.73 Å². The van der Waals surface area contributed by atoms with Crippen molar-refractivity contribution in [2.75, 3.05) is 5.73 Å². The third kappa shape index (κ3) is 3.07. The van der Waals surface area contributed by atoms with Gasteiger partial charge in [-0.2, -0.15) is 0 Å². The van der Waals surface area contributed by atoms with E-state index in [-0.39, 0.29) is 12.2 Å². The largest absolute Gasteiger partial charge is 0.456 e. The first-order valence-corrected chi connectivity index (χ1v) is 5.70. The van der Waals surface area contributed by atoms with Crippen LogP contribution in [-0.4, -0.2) is 11.0 Å². The molecule has 0 aliphatic heterocycles. The molecular formula is C14H13FN2O2. The summed E-state index contributed by atoms with van der Waals surface area (Å²) in [6.07, 6.45) is 1.59. The third-order valence-corrected chi connectivity index (χ3v) is 2.57. The first kappa shape index (κ1) is 13.0. The van der Waals surface area contributed by atoms with Crippen LogP contribution in [0.2, 0.25) is 0 Å². The van der Waals surface area contributed by atoms with Crippen molar-refractivity contribution in [2.45, 2.75) is 13.5 Å². The van der Waals surface area contributed by atoms with Gasteiger partial charge in [-0.25, -0.2) is 9.18 Å². The van der Waals surface area contributed by atoms with E-state index < -0.39 is 11.8 Å². The summed E-state index contributed by atoms with van der Waals surface area (Å²) in [5.74, 6) is -1.36. The Bertz CT molecular complexity index is 600. The Morgan fingerprint density at radius 3 is 2.89 bits per heavy atom. The van der Waals surface area contributed by atoms with Crippen LogP contribution in [0, 0.1) is 12.7 Å². The van der Waals surface area contributed by atoms with Gasteiger partial charge in [0, 0.05) is 11.9 Å². The first-order valence-electron chi connectivity index (χ1n) is 5.70. The number of carbonyl (C=O) groups excluding carboxylic acids is 1. The summed E-state index contributed by atoms with van der Waals surface area (Å²) in [7, 11) is 0. The zero-order valence-electron chi connectivity index (χ0n) is 10.4. The van der Waals surface area contributed by atoms with Crippen molar-refractivity contribution in [3.63, 3.8) is 0 Å². The van der Waals surface area contributed by atoms with Crippen LogP contribution in [-0.2, 0) is 11.3 Å². The van der Waals surface area contributed by atoms with E-state index in [4.69, 9.17) is 10.5 Å². The number of aromatic nitrogens is 1. The molecule has 0 radical (unpaired) electrons. The molecule has 0 bridgehead atoms. The Balaban J connectivity index is 2.13. The van der Waals surface area contributed by atoms with Crippen molar-refractivity contribution in [3.05, 3.63) is 59.2 Å². The van der Waals surface area contributed by atoms with Crippen molar-refractivity contribution in [3.8, 4) is 0 Å². The van der Waals surface area contributed by atoms with Crippen molar-refractivity contribution < 1.29 is 13.9 Å². The van der Waals surface area contributed by atoms with Gasteiger partial charge >= 0.3 is 5.97 Å². The van der Waals surface area contributed by atoms with Gasteiger partial charge in [0.2, 0.25) is 0 Å². The molecule has 0 spiro atoms. The van der Waals surface area contributed by atoms with Gasteiger partial charge in [0.15, 0.2) is 0 Å². The van der Waals surface area contributed by atoms with Gasteiger partial charge in [0.05, 0.1) is 11.3 Å². The maximum atomic E-state index is 13.8. The van der Waals surface area contributed by atoms with E-state index in [2.05, 4.69) is 4.98 Å². The SMILES string of the molecule is Cc1cc(N)cc(C(=O)OCc2ccccn2)c1F. The number of hydrogen-bond donors (Lipinski definition) is 1. The second-order valence-corrected chi connectivity index (χ2v) is 4.10. The number of esters is 1. The van der Waals surface area contributed by atoms with E-state index >= 15 is 0 Å². The van der Waals surface area contributed by atoms with Crippen LogP contribution in [0.3, 0.4) is 0 Å². The molecule has 2 rings (SSSR count). The number of nitrogens with two attached hydrogens (primary N) is 1. The number of carbonyl (C=O) groups is 1. The lowest BCUT2D eigenvalue weighted by atomic mass is 10.1. The minimum Gasteiger partial charge on any atom is -0.456 e. The number of benzene rings is 1. The van der Waals surface area contributed by atoms with Gasteiger partial charge in [-0.15, -0.1) is 0 Å². The molecule has 2 N–H and O–H groups in total. The Morgan fingerprint density at radius 2 is 2.21 bits per heavy atom. The molecule has 0 unspecified atom stereocenters. The summed E-state index contributed by atoms with van der Waals surface area (Å²) < 4.78 is 18.8. The molecule has 1 aromatic carbocycles. The molecule has 0 aliphatic rings. The van der Waals surface area contributed by atoms with E-state index in [9.17, 15) is 9.18 Å². The highest BCUT2D eigenvalue weighted by Crippen LogP contribution is 2.18. The average molecular weight is 260 g/mol. The second kappa shape index (κ2) is 5.48. The number of nitrogens with zero attached hydrogens (tertiary/aromatic N) is 1. The Labute approximate surface area is 110 Å². The molecule has 4 nitrogen and oxygen atoms in total. The fraction of sp³-hybridized carbons (Fsp3) is 0.143. The molecule has 0 aliphatic carbocycles. The van der Waals surface area contributed by atoms with Crippen molar-refractivity contribution >= 4 is 11.7 Å². The van der Waals surface area contributed by atoms with Crippen LogP contribution in [0.4, 0.5) is 10.1 Å². The minimum atomic E-state index is -0.751. The van der Waals surface area contributed by atoms with Crippen LogP contribution in [0.1, 0.15) is 21.6 Å². The molecule has 0 saturated carbocycles. The molecule has 0 saturated heterocycles. The summed E-state index contributed by atoms with van der Waals surface area (Å²) in [4.78, 5) is 15.8.